The molecule has 0 aliphatic heterocycles. The van der Waals surface area contributed by atoms with Crippen LogP contribution in [0.5, 0.6) is 11.5 Å². The van der Waals surface area contributed by atoms with Gasteiger partial charge in [0, 0.05) is 7.05 Å². The normalized spacial score (nSPS) is 12.0. The van der Waals surface area contributed by atoms with Gasteiger partial charge in [-0.15, -0.1) is 11.3 Å². The first-order valence-corrected chi connectivity index (χ1v) is 9.16. The molecule has 0 aliphatic rings. The molecule has 7 nitrogen and oxygen atoms in total. The van der Waals surface area contributed by atoms with Crippen LogP contribution in [0.2, 0.25) is 0 Å². The highest BCUT2D eigenvalue weighted by molar-refractivity contribution is 7.20. The van der Waals surface area contributed by atoms with E-state index in [4.69, 9.17) is 9.47 Å². The molecule has 1 atom stereocenters. The lowest BCUT2D eigenvalue weighted by Gasteiger charge is -2.16. The number of thiophene rings is 1. The number of carbonyl (C=O) groups is 1. The molecule has 0 saturated carbocycles. The molecule has 3 aromatic rings. The summed E-state index contributed by atoms with van der Waals surface area (Å²) in [6, 6.07) is 5.26. The van der Waals surface area contributed by atoms with E-state index in [0.717, 1.165) is 5.56 Å². The zero-order valence-electron chi connectivity index (χ0n) is 15.8. The van der Waals surface area contributed by atoms with Crippen molar-refractivity contribution in [2.45, 2.75) is 19.9 Å². The lowest BCUT2D eigenvalue weighted by Crippen LogP contribution is -2.26. The van der Waals surface area contributed by atoms with Crippen LogP contribution in [0.3, 0.4) is 0 Å². The zero-order valence-corrected chi connectivity index (χ0v) is 16.6. The average Bonchev–Trinajstić information content (AvgIpc) is 3.01. The van der Waals surface area contributed by atoms with Gasteiger partial charge in [0.25, 0.3) is 11.5 Å². The summed E-state index contributed by atoms with van der Waals surface area (Å²) in [5.74, 6) is 0.990. The van der Waals surface area contributed by atoms with E-state index < -0.39 is 0 Å². The molecule has 0 spiro atoms. The second kappa shape index (κ2) is 7.40. The number of aromatic nitrogens is 2. The van der Waals surface area contributed by atoms with Crippen LogP contribution >= 0.6 is 11.3 Å². The van der Waals surface area contributed by atoms with E-state index >= 15 is 0 Å². The van der Waals surface area contributed by atoms with Gasteiger partial charge in [-0.05, 0) is 37.1 Å². The predicted octanol–water partition coefficient (Wildman–Crippen LogP) is 2.81. The highest BCUT2D eigenvalue weighted by Gasteiger charge is 2.21. The monoisotopic (exact) mass is 387 g/mol. The van der Waals surface area contributed by atoms with Gasteiger partial charge in [-0.2, -0.15) is 0 Å². The molecule has 27 heavy (non-hydrogen) atoms. The number of carbonyl (C=O) groups excluding carboxylic acids is 1. The minimum Gasteiger partial charge on any atom is -0.493 e. The maximum Gasteiger partial charge on any atom is 0.262 e. The number of hydrogen-bond donors (Lipinski definition) is 1. The molecule has 3 rings (SSSR count). The lowest BCUT2D eigenvalue weighted by molar-refractivity contribution is 0.0943. The van der Waals surface area contributed by atoms with Gasteiger partial charge in [-0.1, -0.05) is 6.07 Å². The van der Waals surface area contributed by atoms with Gasteiger partial charge >= 0.3 is 0 Å². The Labute approximate surface area is 160 Å². The largest absolute Gasteiger partial charge is 0.493 e. The fraction of sp³-hybridized carbons (Fsp3) is 0.316. The van der Waals surface area contributed by atoms with Crippen LogP contribution in [0.25, 0.3) is 10.2 Å². The van der Waals surface area contributed by atoms with Gasteiger partial charge in [0.05, 0.1) is 36.9 Å². The Morgan fingerprint density at radius 1 is 1.26 bits per heavy atom. The van der Waals surface area contributed by atoms with Crippen LogP contribution in [0.1, 0.15) is 33.8 Å². The lowest BCUT2D eigenvalue weighted by atomic mass is 10.1. The number of nitrogens with zero attached hydrogens (tertiary/aromatic N) is 2. The second-order valence-corrected chi connectivity index (χ2v) is 7.21. The van der Waals surface area contributed by atoms with Crippen LogP contribution in [0, 0.1) is 6.92 Å². The Hall–Kier alpha value is -2.87. The average molecular weight is 387 g/mol. The quantitative estimate of drug-likeness (QED) is 0.728. The summed E-state index contributed by atoms with van der Waals surface area (Å²) in [6.45, 7) is 3.66. The first-order valence-electron chi connectivity index (χ1n) is 8.34. The summed E-state index contributed by atoms with van der Waals surface area (Å²) in [6.07, 6.45) is 1.47. The minimum absolute atomic E-state index is 0.152. The van der Waals surface area contributed by atoms with Crippen molar-refractivity contribution in [1.29, 1.82) is 0 Å². The summed E-state index contributed by atoms with van der Waals surface area (Å²) in [5, 5.41) is 3.47. The summed E-state index contributed by atoms with van der Waals surface area (Å²) in [4.78, 5) is 30.4. The van der Waals surface area contributed by atoms with Gasteiger partial charge in [-0.3, -0.25) is 9.59 Å². The number of benzene rings is 1. The Kier molecular flexibility index (Phi) is 5.18. The number of nitrogens with one attached hydrogen (secondary N) is 1. The summed E-state index contributed by atoms with van der Waals surface area (Å²) in [7, 11) is 4.79. The second-order valence-electron chi connectivity index (χ2n) is 6.21. The number of rotatable bonds is 5. The first kappa shape index (κ1) is 18.9. The maximum atomic E-state index is 12.8. The molecule has 0 radical (unpaired) electrons. The van der Waals surface area contributed by atoms with Gasteiger partial charge < -0.3 is 19.4 Å². The van der Waals surface area contributed by atoms with E-state index in [-0.39, 0.29) is 17.5 Å². The van der Waals surface area contributed by atoms with Crippen LogP contribution in [-0.4, -0.2) is 29.7 Å². The molecular weight excluding hydrogens is 366 g/mol. The van der Waals surface area contributed by atoms with Crippen LogP contribution < -0.4 is 20.3 Å². The number of hydrogen-bond acceptors (Lipinski definition) is 6. The van der Waals surface area contributed by atoms with Gasteiger partial charge in [-0.25, -0.2) is 4.98 Å². The van der Waals surface area contributed by atoms with Crippen molar-refractivity contribution < 1.29 is 14.3 Å². The fourth-order valence-electron chi connectivity index (χ4n) is 2.89. The standard InChI is InChI=1S/C19H21N3O4S/c1-10-15-18(20-9-22(3)19(15)24)27-16(10)17(23)21-11(2)12-6-7-13(25-4)14(8-12)26-5/h6-9,11H,1-5H3,(H,21,23). The van der Waals surface area contributed by atoms with Crippen molar-refractivity contribution in [3.8, 4) is 11.5 Å². The smallest absolute Gasteiger partial charge is 0.262 e. The van der Waals surface area contributed by atoms with E-state index in [1.807, 2.05) is 19.1 Å². The van der Waals surface area contributed by atoms with Gasteiger partial charge in [0.1, 0.15) is 4.83 Å². The van der Waals surface area contributed by atoms with Crippen molar-refractivity contribution >= 4 is 27.5 Å². The van der Waals surface area contributed by atoms with Gasteiger partial charge in [0.2, 0.25) is 0 Å². The molecular formula is C19H21N3O4S. The molecule has 1 unspecified atom stereocenters. The van der Waals surface area contributed by atoms with E-state index in [9.17, 15) is 9.59 Å². The minimum atomic E-state index is -0.252. The number of ether oxygens (including phenoxy) is 2. The van der Waals surface area contributed by atoms with E-state index in [2.05, 4.69) is 10.3 Å². The first-order chi connectivity index (χ1) is 12.9. The predicted molar refractivity (Wildman–Crippen MR) is 105 cm³/mol. The van der Waals surface area contributed by atoms with Crippen molar-refractivity contribution in [3.63, 3.8) is 0 Å². The zero-order chi connectivity index (χ0) is 19.7. The molecule has 2 heterocycles. The number of fused-ring (bicyclic) bond motifs is 1. The summed E-state index contributed by atoms with van der Waals surface area (Å²) >= 11 is 1.22. The van der Waals surface area contributed by atoms with E-state index in [1.54, 1.807) is 34.3 Å². The number of amides is 1. The Balaban J connectivity index is 1.89. The third-order valence-corrected chi connectivity index (χ3v) is 5.67. The molecule has 0 saturated heterocycles. The molecule has 1 amide bonds. The summed E-state index contributed by atoms with van der Waals surface area (Å²) in [5.41, 5.74) is 1.38. The Morgan fingerprint density at radius 2 is 1.96 bits per heavy atom. The van der Waals surface area contributed by atoms with Gasteiger partial charge in [0.15, 0.2) is 11.5 Å². The maximum absolute atomic E-state index is 12.8. The Bertz CT molecular complexity index is 1070. The molecule has 1 aromatic carbocycles. The highest BCUT2D eigenvalue weighted by Crippen LogP contribution is 2.31. The fourth-order valence-corrected chi connectivity index (χ4v) is 3.94. The van der Waals surface area contributed by atoms with Crippen LogP contribution in [0.4, 0.5) is 0 Å². The molecule has 0 fully saturated rings. The SMILES string of the molecule is COc1ccc(C(C)NC(=O)c2sc3ncn(C)c(=O)c3c2C)cc1OC. The molecule has 0 aliphatic carbocycles. The molecule has 1 N–H and O–H groups in total. The molecule has 0 bridgehead atoms. The van der Waals surface area contributed by atoms with Crippen molar-refractivity contribution in [2.24, 2.45) is 7.05 Å². The topological polar surface area (TPSA) is 82.5 Å². The molecule has 142 valence electrons. The third-order valence-electron chi connectivity index (χ3n) is 4.47. The third kappa shape index (κ3) is 3.40. The van der Waals surface area contributed by atoms with Crippen molar-refractivity contribution in [2.75, 3.05) is 14.2 Å². The molecule has 2 aromatic heterocycles. The van der Waals surface area contributed by atoms with Crippen molar-refractivity contribution in [1.82, 2.24) is 14.9 Å². The van der Waals surface area contributed by atoms with Crippen LogP contribution in [0.15, 0.2) is 29.3 Å². The number of methoxy groups -OCH3 is 2. The summed E-state index contributed by atoms with van der Waals surface area (Å²) < 4.78 is 12.0. The van der Waals surface area contributed by atoms with Crippen molar-refractivity contribution in [3.05, 3.63) is 50.9 Å². The van der Waals surface area contributed by atoms with E-state index in [1.165, 1.54) is 22.2 Å². The Morgan fingerprint density at radius 3 is 2.63 bits per heavy atom. The molecule has 8 heteroatoms. The number of aryl methyl sites for hydroxylation is 2. The highest BCUT2D eigenvalue weighted by atomic mass is 32.1. The van der Waals surface area contributed by atoms with E-state index in [0.29, 0.717) is 32.2 Å². The van der Waals surface area contributed by atoms with Crippen LogP contribution in [-0.2, 0) is 7.05 Å².